The third-order valence-electron chi connectivity index (χ3n) is 5.25. The number of fused-ring (bicyclic) bond motifs is 1. The standard InChI is InChI=1S/C20H23BrN6O2/c1-13-18(20(28)26-10-8-25(2)9-11-26)22-23-19-17(14-4-6-15(21)7-5-14)16(12-29-3)24-27(13)19/h4-7H,8-12H2,1-3H3. The number of methoxy groups -OCH3 is 1. The van der Waals surface area contributed by atoms with Crippen LogP contribution in [0.15, 0.2) is 28.7 Å². The number of likely N-dealkylation sites (N-methyl/N-ethyl adjacent to an activating group) is 1. The summed E-state index contributed by atoms with van der Waals surface area (Å²) < 4.78 is 8.06. The zero-order chi connectivity index (χ0) is 20.5. The predicted octanol–water partition coefficient (Wildman–Crippen LogP) is 2.40. The van der Waals surface area contributed by atoms with Crippen LogP contribution in [0.5, 0.6) is 0 Å². The zero-order valence-electron chi connectivity index (χ0n) is 16.7. The number of benzene rings is 1. The Kier molecular flexibility index (Phi) is 5.62. The molecule has 0 bridgehead atoms. The lowest BCUT2D eigenvalue weighted by atomic mass is 10.1. The van der Waals surface area contributed by atoms with Gasteiger partial charge in [0, 0.05) is 37.8 Å². The van der Waals surface area contributed by atoms with Crippen LogP contribution in [0.25, 0.3) is 16.8 Å². The van der Waals surface area contributed by atoms with Crippen molar-refractivity contribution in [1.29, 1.82) is 0 Å². The van der Waals surface area contributed by atoms with Gasteiger partial charge in [-0.2, -0.15) is 5.10 Å². The van der Waals surface area contributed by atoms with Gasteiger partial charge in [-0.15, -0.1) is 10.2 Å². The predicted molar refractivity (Wildman–Crippen MR) is 113 cm³/mol. The highest BCUT2D eigenvalue weighted by molar-refractivity contribution is 9.10. The topological polar surface area (TPSA) is 75.9 Å². The first-order valence-electron chi connectivity index (χ1n) is 9.47. The Morgan fingerprint density at radius 2 is 1.83 bits per heavy atom. The SMILES string of the molecule is COCc1nn2c(C)c(C(=O)N3CCN(C)CC3)nnc2c1-c1ccc(Br)cc1. The molecule has 3 aromatic rings. The molecule has 2 aromatic heterocycles. The fourth-order valence-electron chi connectivity index (χ4n) is 3.56. The molecular formula is C20H23BrN6O2. The van der Waals surface area contributed by atoms with E-state index in [-0.39, 0.29) is 5.91 Å². The Hall–Kier alpha value is -2.36. The van der Waals surface area contributed by atoms with Gasteiger partial charge in [-0.05, 0) is 31.7 Å². The lowest BCUT2D eigenvalue weighted by Crippen LogP contribution is -2.47. The summed E-state index contributed by atoms with van der Waals surface area (Å²) in [5.41, 5.74) is 4.24. The molecule has 3 heterocycles. The first kappa shape index (κ1) is 19.9. The Labute approximate surface area is 177 Å². The molecule has 9 heteroatoms. The van der Waals surface area contributed by atoms with Crippen molar-refractivity contribution < 1.29 is 9.53 Å². The Morgan fingerprint density at radius 1 is 1.14 bits per heavy atom. The molecule has 0 saturated carbocycles. The van der Waals surface area contributed by atoms with E-state index in [9.17, 15) is 4.79 Å². The second kappa shape index (κ2) is 8.17. The smallest absolute Gasteiger partial charge is 0.276 e. The van der Waals surface area contributed by atoms with E-state index in [0.717, 1.165) is 34.4 Å². The number of hydrogen-bond donors (Lipinski definition) is 0. The van der Waals surface area contributed by atoms with Gasteiger partial charge < -0.3 is 14.5 Å². The van der Waals surface area contributed by atoms with E-state index in [1.54, 1.807) is 11.6 Å². The summed E-state index contributed by atoms with van der Waals surface area (Å²) in [6.45, 7) is 5.29. The minimum Gasteiger partial charge on any atom is -0.378 e. The van der Waals surface area contributed by atoms with Gasteiger partial charge in [-0.25, -0.2) is 4.52 Å². The molecule has 0 spiro atoms. The average molecular weight is 459 g/mol. The molecule has 8 nitrogen and oxygen atoms in total. The van der Waals surface area contributed by atoms with Crippen molar-refractivity contribution in [2.24, 2.45) is 0 Å². The van der Waals surface area contributed by atoms with Crippen LogP contribution in [0, 0.1) is 6.92 Å². The lowest BCUT2D eigenvalue weighted by molar-refractivity contribution is 0.0655. The van der Waals surface area contributed by atoms with Crippen molar-refractivity contribution in [3.63, 3.8) is 0 Å². The zero-order valence-corrected chi connectivity index (χ0v) is 18.3. The second-order valence-corrected chi connectivity index (χ2v) is 8.14. The molecule has 0 radical (unpaired) electrons. The summed E-state index contributed by atoms with van der Waals surface area (Å²) in [6.07, 6.45) is 0. The summed E-state index contributed by atoms with van der Waals surface area (Å²) >= 11 is 3.47. The number of aromatic nitrogens is 4. The third kappa shape index (κ3) is 3.77. The van der Waals surface area contributed by atoms with Crippen molar-refractivity contribution in [2.45, 2.75) is 13.5 Å². The van der Waals surface area contributed by atoms with Gasteiger partial charge in [0.05, 0.1) is 23.6 Å². The molecule has 0 unspecified atom stereocenters. The first-order chi connectivity index (χ1) is 14.0. The van der Waals surface area contributed by atoms with E-state index in [1.165, 1.54) is 0 Å². The number of nitrogens with zero attached hydrogens (tertiary/aromatic N) is 6. The maximum atomic E-state index is 13.0. The fourth-order valence-corrected chi connectivity index (χ4v) is 3.82. The third-order valence-corrected chi connectivity index (χ3v) is 5.77. The Bertz CT molecular complexity index is 1040. The average Bonchev–Trinajstić information content (AvgIpc) is 3.08. The summed E-state index contributed by atoms with van der Waals surface area (Å²) in [4.78, 5) is 17.1. The number of carbonyl (C=O) groups excluding carboxylic acids is 1. The molecule has 1 aromatic carbocycles. The van der Waals surface area contributed by atoms with Crippen LogP contribution >= 0.6 is 15.9 Å². The van der Waals surface area contributed by atoms with Crippen LogP contribution in [0.1, 0.15) is 21.9 Å². The fraction of sp³-hybridized carbons (Fsp3) is 0.400. The maximum Gasteiger partial charge on any atom is 0.276 e. The van der Waals surface area contributed by atoms with Gasteiger partial charge in [0.2, 0.25) is 0 Å². The minimum absolute atomic E-state index is 0.0982. The van der Waals surface area contributed by atoms with Crippen LogP contribution in [0.4, 0.5) is 0 Å². The number of piperazine rings is 1. The van der Waals surface area contributed by atoms with E-state index in [1.807, 2.05) is 36.1 Å². The molecule has 1 amide bonds. The van der Waals surface area contributed by atoms with E-state index < -0.39 is 0 Å². The van der Waals surface area contributed by atoms with Crippen molar-refractivity contribution >= 4 is 27.5 Å². The molecule has 1 aliphatic heterocycles. The second-order valence-electron chi connectivity index (χ2n) is 7.23. The molecule has 4 rings (SSSR count). The molecule has 1 saturated heterocycles. The molecule has 1 aliphatic rings. The quantitative estimate of drug-likeness (QED) is 0.597. The van der Waals surface area contributed by atoms with Crippen molar-refractivity contribution in [2.75, 3.05) is 40.3 Å². The highest BCUT2D eigenvalue weighted by atomic mass is 79.9. The molecule has 0 N–H and O–H groups in total. The van der Waals surface area contributed by atoms with E-state index in [0.29, 0.717) is 36.7 Å². The highest BCUT2D eigenvalue weighted by Crippen LogP contribution is 2.30. The monoisotopic (exact) mass is 458 g/mol. The van der Waals surface area contributed by atoms with Gasteiger partial charge in [-0.3, -0.25) is 4.79 Å². The van der Waals surface area contributed by atoms with E-state index >= 15 is 0 Å². The van der Waals surface area contributed by atoms with Crippen molar-refractivity contribution in [1.82, 2.24) is 29.6 Å². The number of aryl methyl sites for hydroxylation is 1. The molecule has 0 atom stereocenters. The summed E-state index contributed by atoms with van der Waals surface area (Å²) in [7, 11) is 3.69. The molecule has 1 fully saturated rings. The number of amides is 1. The lowest BCUT2D eigenvalue weighted by Gasteiger charge is -2.32. The summed E-state index contributed by atoms with van der Waals surface area (Å²) in [5, 5.41) is 13.4. The number of halogens is 1. The number of carbonyl (C=O) groups is 1. The number of ether oxygens (including phenoxy) is 1. The van der Waals surface area contributed by atoms with E-state index in [2.05, 4.69) is 38.1 Å². The van der Waals surface area contributed by atoms with Gasteiger partial charge >= 0.3 is 0 Å². The van der Waals surface area contributed by atoms with Gasteiger partial charge in [-0.1, -0.05) is 28.1 Å². The van der Waals surface area contributed by atoms with Crippen LogP contribution in [0.2, 0.25) is 0 Å². The van der Waals surface area contributed by atoms with Crippen LogP contribution in [-0.4, -0.2) is 75.9 Å². The van der Waals surface area contributed by atoms with Crippen molar-refractivity contribution in [3.8, 4) is 11.1 Å². The van der Waals surface area contributed by atoms with Gasteiger partial charge in [0.15, 0.2) is 11.3 Å². The number of hydrogen-bond acceptors (Lipinski definition) is 6. The van der Waals surface area contributed by atoms with Crippen LogP contribution in [0.3, 0.4) is 0 Å². The molecule has 29 heavy (non-hydrogen) atoms. The Balaban J connectivity index is 1.78. The molecular weight excluding hydrogens is 436 g/mol. The highest BCUT2D eigenvalue weighted by Gasteiger charge is 2.26. The molecule has 0 aliphatic carbocycles. The molecule has 152 valence electrons. The Morgan fingerprint density at radius 3 is 2.48 bits per heavy atom. The van der Waals surface area contributed by atoms with Gasteiger partial charge in [0.1, 0.15) is 0 Å². The normalized spacial score (nSPS) is 15.2. The minimum atomic E-state index is -0.0982. The first-order valence-corrected chi connectivity index (χ1v) is 10.3. The summed E-state index contributed by atoms with van der Waals surface area (Å²) in [5.74, 6) is -0.0982. The van der Waals surface area contributed by atoms with Gasteiger partial charge in [0.25, 0.3) is 5.91 Å². The van der Waals surface area contributed by atoms with Crippen molar-refractivity contribution in [3.05, 3.63) is 45.8 Å². The summed E-state index contributed by atoms with van der Waals surface area (Å²) in [6, 6.07) is 7.95. The maximum absolute atomic E-state index is 13.0. The van der Waals surface area contributed by atoms with E-state index in [4.69, 9.17) is 9.84 Å². The van der Waals surface area contributed by atoms with Crippen LogP contribution < -0.4 is 0 Å². The van der Waals surface area contributed by atoms with Crippen LogP contribution in [-0.2, 0) is 11.3 Å². The largest absolute Gasteiger partial charge is 0.378 e. The number of rotatable bonds is 4.